The van der Waals surface area contributed by atoms with Gasteiger partial charge < -0.3 is 5.11 Å². The number of halogens is 1. The number of hydrogen-bond acceptors (Lipinski definition) is 2. The highest BCUT2D eigenvalue weighted by Crippen LogP contribution is 2.27. The van der Waals surface area contributed by atoms with Gasteiger partial charge in [0.25, 0.3) is 0 Å². The molecule has 0 radical (unpaired) electrons. The van der Waals surface area contributed by atoms with Crippen molar-refractivity contribution in [1.82, 2.24) is 4.98 Å². The fourth-order valence-corrected chi connectivity index (χ4v) is 1.95. The van der Waals surface area contributed by atoms with E-state index in [1.54, 1.807) is 6.20 Å². The van der Waals surface area contributed by atoms with Crippen LogP contribution in [0.3, 0.4) is 0 Å². The van der Waals surface area contributed by atoms with E-state index < -0.39 is 5.97 Å². The van der Waals surface area contributed by atoms with Crippen LogP contribution in [0.5, 0.6) is 0 Å². The first-order chi connectivity index (χ1) is 8.16. The van der Waals surface area contributed by atoms with Crippen molar-refractivity contribution in [1.29, 1.82) is 0 Å². The van der Waals surface area contributed by atoms with Crippen molar-refractivity contribution in [2.45, 2.75) is 18.2 Å². The van der Waals surface area contributed by atoms with Crippen molar-refractivity contribution in [2.75, 3.05) is 0 Å². The van der Waals surface area contributed by atoms with Crippen LogP contribution in [0, 0.1) is 0 Å². The first-order valence-corrected chi connectivity index (χ1v) is 5.81. The van der Waals surface area contributed by atoms with Crippen LogP contribution < -0.4 is 0 Å². The van der Waals surface area contributed by atoms with Gasteiger partial charge in [0.2, 0.25) is 0 Å². The van der Waals surface area contributed by atoms with Crippen molar-refractivity contribution in [3.05, 3.63) is 42.1 Å². The first kappa shape index (κ1) is 11.9. The maximum atomic E-state index is 10.5. The predicted molar refractivity (Wildman–Crippen MR) is 67.2 cm³/mol. The Kier molecular flexibility index (Phi) is 3.59. The third kappa shape index (κ3) is 2.94. The van der Waals surface area contributed by atoms with Gasteiger partial charge in [-0.05, 0) is 30.2 Å². The van der Waals surface area contributed by atoms with Gasteiger partial charge in [0, 0.05) is 18.0 Å². The molecule has 0 aliphatic rings. The Morgan fingerprint density at radius 3 is 3.00 bits per heavy atom. The summed E-state index contributed by atoms with van der Waals surface area (Å²) in [7, 11) is 0. The van der Waals surface area contributed by atoms with E-state index in [1.807, 2.05) is 30.3 Å². The lowest BCUT2D eigenvalue weighted by Gasteiger charge is -2.09. The van der Waals surface area contributed by atoms with Crippen LogP contribution in [0.15, 0.2) is 36.5 Å². The number of alkyl halides is 1. The molecule has 88 valence electrons. The summed E-state index contributed by atoms with van der Waals surface area (Å²) in [4.78, 5) is 14.7. The molecule has 1 atom stereocenters. The molecule has 0 spiro atoms. The Bertz CT molecular complexity index is 542. The minimum absolute atomic E-state index is 0.0826. The largest absolute Gasteiger partial charge is 0.481 e. The molecule has 1 aromatic carbocycles. The molecule has 0 amide bonds. The SMILES string of the molecule is O=C(O)CCC(Cl)c1ccc2ncccc2c1. The van der Waals surface area contributed by atoms with E-state index in [9.17, 15) is 4.79 Å². The van der Waals surface area contributed by atoms with E-state index in [1.165, 1.54) is 0 Å². The molecule has 1 N–H and O–H groups in total. The second-order valence-corrected chi connectivity index (χ2v) is 4.38. The molecule has 2 aromatic rings. The summed E-state index contributed by atoms with van der Waals surface area (Å²) in [5, 5.41) is 9.36. The van der Waals surface area contributed by atoms with E-state index in [0.717, 1.165) is 16.5 Å². The summed E-state index contributed by atoms with van der Waals surface area (Å²) in [6.07, 6.45) is 2.26. The number of rotatable bonds is 4. The molecule has 0 saturated carbocycles. The molecule has 0 aliphatic carbocycles. The van der Waals surface area contributed by atoms with Crippen LogP contribution >= 0.6 is 11.6 Å². The number of carboxylic acids is 1. The molecule has 0 fully saturated rings. The quantitative estimate of drug-likeness (QED) is 0.845. The van der Waals surface area contributed by atoms with Gasteiger partial charge in [-0.15, -0.1) is 11.6 Å². The number of pyridine rings is 1. The molecule has 17 heavy (non-hydrogen) atoms. The zero-order valence-corrected chi connectivity index (χ0v) is 9.89. The number of carboxylic acid groups (broad SMARTS) is 1. The number of benzene rings is 1. The van der Waals surface area contributed by atoms with Gasteiger partial charge in [-0.25, -0.2) is 0 Å². The minimum Gasteiger partial charge on any atom is -0.481 e. The van der Waals surface area contributed by atoms with Crippen LogP contribution in [0.4, 0.5) is 0 Å². The third-order valence-corrected chi connectivity index (χ3v) is 3.07. The maximum Gasteiger partial charge on any atom is 0.303 e. The Balaban J connectivity index is 2.20. The summed E-state index contributed by atoms with van der Waals surface area (Å²) in [6.45, 7) is 0. The monoisotopic (exact) mass is 249 g/mol. The normalized spacial score (nSPS) is 12.5. The standard InChI is InChI=1S/C13H12ClNO2/c14-11(4-6-13(16)17)9-3-5-12-10(8-9)2-1-7-15-12/h1-3,5,7-8,11H,4,6H2,(H,16,17). The fourth-order valence-electron chi connectivity index (χ4n) is 1.71. The van der Waals surface area contributed by atoms with Gasteiger partial charge >= 0.3 is 5.97 Å². The van der Waals surface area contributed by atoms with Crippen molar-refractivity contribution in [3.8, 4) is 0 Å². The average molecular weight is 250 g/mol. The molecule has 0 bridgehead atoms. The van der Waals surface area contributed by atoms with E-state index in [0.29, 0.717) is 6.42 Å². The lowest BCUT2D eigenvalue weighted by Crippen LogP contribution is -1.98. The van der Waals surface area contributed by atoms with Crippen molar-refractivity contribution < 1.29 is 9.90 Å². The van der Waals surface area contributed by atoms with Crippen LogP contribution in [-0.2, 0) is 4.79 Å². The van der Waals surface area contributed by atoms with E-state index in [2.05, 4.69) is 4.98 Å². The van der Waals surface area contributed by atoms with Gasteiger partial charge in [0.1, 0.15) is 0 Å². The van der Waals surface area contributed by atoms with Crippen LogP contribution in [0.1, 0.15) is 23.8 Å². The highest BCUT2D eigenvalue weighted by atomic mass is 35.5. The third-order valence-electron chi connectivity index (χ3n) is 2.60. The average Bonchev–Trinajstić information content (AvgIpc) is 2.35. The molecule has 4 heteroatoms. The molecular formula is C13H12ClNO2. The van der Waals surface area contributed by atoms with E-state index >= 15 is 0 Å². The lowest BCUT2D eigenvalue weighted by molar-refractivity contribution is -0.137. The molecule has 0 aliphatic heterocycles. The number of carbonyl (C=O) groups is 1. The Labute approximate surface area is 104 Å². The van der Waals surface area contributed by atoms with Gasteiger partial charge in [-0.1, -0.05) is 12.1 Å². The summed E-state index contributed by atoms with van der Waals surface area (Å²) < 4.78 is 0. The highest BCUT2D eigenvalue weighted by Gasteiger charge is 2.10. The maximum absolute atomic E-state index is 10.5. The van der Waals surface area contributed by atoms with Crippen LogP contribution in [-0.4, -0.2) is 16.1 Å². The Morgan fingerprint density at radius 2 is 2.24 bits per heavy atom. The smallest absolute Gasteiger partial charge is 0.303 e. The van der Waals surface area contributed by atoms with Gasteiger partial charge in [0.15, 0.2) is 0 Å². The first-order valence-electron chi connectivity index (χ1n) is 5.37. The van der Waals surface area contributed by atoms with Gasteiger partial charge in [0.05, 0.1) is 10.9 Å². The molecule has 0 saturated heterocycles. The van der Waals surface area contributed by atoms with Crippen molar-refractivity contribution in [2.24, 2.45) is 0 Å². The number of aliphatic carboxylic acids is 1. The number of nitrogens with zero attached hydrogens (tertiary/aromatic N) is 1. The molecule has 3 nitrogen and oxygen atoms in total. The zero-order chi connectivity index (χ0) is 12.3. The van der Waals surface area contributed by atoms with E-state index in [4.69, 9.17) is 16.7 Å². The van der Waals surface area contributed by atoms with Crippen molar-refractivity contribution >= 4 is 28.5 Å². The second-order valence-electron chi connectivity index (χ2n) is 3.86. The zero-order valence-electron chi connectivity index (χ0n) is 9.14. The topological polar surface area (TPSA) is 50.2 Å². The lowest BCUT2D eigenvalue weighted by atomic mass is 10.0. The van der Waals surface area contributed by atoms with Crippen LogP contribution in [0.25, 0.3) is 10.9 Å². The predicted octanol–water partition coefficient (Wildman–Crippen LogP) is 3.38. The van der Waals surface area contributed by atoms with Gasteiger partial charge in [-0.2, -0.15) is 0 Å². The molecule has 1 aromatic heterocycles. The molecule has 1 heterocycles. The van der Waals surface area contributed by atoms with Gasteiger partial charge in [-0.3, -0.25) is 9.78 Å². The number of fused-ring (bicyclic) bond motifs is 1. The summed E-state index contributed by atoms with van der Waals surface area (Å²) >= 11 is 6.17. The molecule has 1 unspecified atom stereocenters. The Hall–Kier alpha value is -1.61. The minimum atomic E-state index is -0.821. The molecule has 2 rings (SSSR count). The summed E-state index contributed by atoms with van der Waals surface area (Å²) in [5.41, 5.74) is 1.85. The number of aromatic nitrogens is 1. The summed E-state index contributed by atoms with van der Waals surface area (Å²) in [6, 6.07) is 9.59. The van der Waals surface area contributed by atoms with E-state index in [-0.39, 0.29) is 11.8 Å². The number of hydrogen-bond donors (Lipinski definition) is 1. The van der Waals surface area contributed by atoms with Crippen LogP contribution in [0.2, 0.25) is 0 Å². The fraction of sp³-hybridized carbons (Fsp3) is 0.231. The van der Waals surface area contributed by atoms with Crippen molar-refractivity contribution in [3.63, 3.8) is 0 Å². The summed E-state index contributed by atoms with van der Waals surface area (Å²) in [5.74, 6) is -0.821. The Morgan fingerprint density at radius 1 is 1.41 bits per heavy atom. The highest BCUT2D eigenvalue weighted by molar-refractivity contribution is 6.21. The molecular weight excluding hydrogens is 238 g/mol. The second kappa shape index (κ2) is 5.15.